The Morgan fingerprint density at radius 1 is 1.13 bits per heavy atom. The number of nitrogens with one attached hydrogen (secondary N) is 1. The van der Waals surface area contributed by atoms with Crippen LogP contribution in [0.15, 0.2) is 53.9 Å². The van der Waals surface area contributed by atoms with Crippen molar-refractivity contribution >= 4 is 11.3 Å². The van der Waals surface area contributed by atoms with E-state index >= 15 is 0 Å². The van der Waals surface area contributed by atoms with Crippen LogP contribution in [0.1, 0.15) is 29.8 Å². The Bertz CT molecular complexity index is 780. The van der Waals surface area contributed by atoms with E-state index in [1.807, 2.05) is 0 Å². The van der Waals surface area contributed by atoms with Gasteiger partial charge in [0.25, 0.3) is 0 Å². The first-order chi connectivity index (χ1) is 11.1. The van der Waals surface area contributed by atoms with E-state index in [1.54, 1.807) is 23.5 Å². The molecule has 0 saturated heterocycles. The van der Waals surface area contributed by atoms with Gasteiger partial charge in [-0.3, -0.25) is 0 Å². The maximum absolute atomic E-state index is 13.0. The van der Waals surface area contributed by atoms with E-state index in [9.17, 15) is 4.39 Å². The van der Waals surface area contributed by atoms with E-state index in [4.69, 9.17) is 0 Å². The van der Waals surface area contributed by atoms with Crippen LogP contribution in [-0.2, 0) is 6.54 Å². The molecule has 0 saturated carbocycles. The number of aryl methyl sites for hydroxylation is 1. The van der Waals surface area contributed by atoms with Crippen LogP contribution in [0.25, 0.3) is 10.6 Å². The van der Waals surface area contributed by atoms with E-state index in [0.717, 1.165) is 16.3 Å². The monoisotopic (exact) mass is 326 g/mol. The lowest BCUT2D eigenvalue weighted by molar-refractivity contribution is 0.567. The summed E-state index contributed by atoms with van der Waals surface area (Å²) in [5.41, 5.74) is 4.56. The Kier molecular flexibility index (Phi) is 4.84. The summed E-state index contributed by atoms with van der Waals surface area (Å²) < 4.78 is 13.0. The third kappa shape index (κ3) is 3.84. The first kappa shape index (κ1) is 15.8. The second-order valence-electron chi connectivity index (χ2n) is 5.61. The van der Waals surface area contributed by atoms with E-state index in [0.29, 0.717) is 6.54 Å². The van der Waals surface area contributed by atoms with Gasteiger partial charge in [-0.05, 0) is 49.2 Å². The Hall–Kier alpha value is -2.04. The maximum Gasteiger partial charge on any atom is 0.123 e. The Balaban J connectivity index is 1.65. The van der Waals surface area contributed by atoms with E-state index in [2.05, 4.69) is 53.8 Å². The van der Waals surface area contributed by atoms with Crippen LogP contribution in [0, 0.1) is 12.7 Å². The first-order valence-corrected chi connectivity index (χ1v) is 8.50. The van der Waals surface area contributed by atoms with Crippen LogP contribution in [0.4, 0.5) is 4.39 Å². The molecule has 3 rings (SSSR count). The van der Waals surface area contributed by atoms with Gasteiger partial charge >= 0.3 is 0 Å². The second-order valence-corrected chi connectivity index (χ2v) is 6.47. The second kappa shape index (κ2) is 7.02. The highest BCUT2D eigenvalue weighted by Crippen LogP contribution is 2.24. The predicted molar refractivity (Wildman–Crippen MR) is 93.9 cm³/mol. The third-order valence-electron chi connectivity index (χ3n) is 3.89. The van der Waals surface area contributed by atoms with Crippen LogP contribution < -0.4 is 5.32 Å². The smallest absolute Gasteiger partial charge is 0.123 e. The number of halogens is 1. The fourth-order valence-corrected chi connectivity index (χ4v) is 3.38. The minimum Gasteiger partial charge on any atom is -0.305 e. The molecule has 2 nitrogen and oxygen atoms in total. The Morgan fingerprint density at radius 2 is 1.87 bits per heavy atom. The topological polar surface area (TPSA) is 24.9 Å². The Labute approximate surface area is 140 Å². The molecule has 1 unspecified atom stereocenters. The summed E-state index contributed by atoms with van der Waals surface area (Å²) in [7, 11) is 0. The minimum atomic E-state index is -0.223. The average Bonchev–Trinajstić information content (AvgIpc) is 3.03. The fourth-order valence-electron chi connectivity index (χ4n) is 2.55. The number of hydrogen-bond acceptors (Lipinski definition) is 3. The quantitative estimate of drug-likeness (QED) is 0.705. The van der Waals surface area contributed by atoms with Crippen molar-refractivity contribution in [3.05, 3.63) is 76.5 Å². The Morgan fingerprint density at radius 3 is 2.61 bits per heavy atom. The standard InChI is InChI=1S/C19H19FN2S/c1-13-5-3-4-6-18(13)14(2)21-11-17-12-23-19(22-17)15-7-9-16(20)10-8-15/h3-10,12,14,21H,11H2,1-2H3. The molecule has 0 amide bonds. The maximum atomic E-state index is 13.0. The molecule has 0 fully saturated rings. The molecule has 1 heterocycles. The lowest BCUT2D eigenvalue weighted by Gasteiger charge is -2.15. The molecule has 23 heavy (non-hydrogen) atoms. The van der Waals surface area contributed by atoms with Crippen molar-refractivity contribution in [2.24, 2.45) is 0 Å². The van der Waals surface area contributed by atoms with Crippen LogP contribution in [-0.4, -0.2) is 4.98 Å². The largest absolute Gasteiger partial charge is 0.305 e. The van der Waals surface area contributed by atoms with Crippen LogP contribution in [0.3, 0.4) is 0 Å². The van der Waals surface area contributed by atoms with Crippen molar-refractivity contribution in [3.63, 3.8) is 0 Å². The molecular weight excluding hydrogens is 307 g/mol. The van der Waals surface area contributed by atoms with Crippen molar-refractivity contribution in [1.29, 1.82) is 0 Å². The zero-order chi connectivity index (χ0) is 16.2. The van der Waals surface area contributed by atoms with Crippen molar-refractivity contribution in [2.75, 3.05) is 0 Å². The van der Waals surface area contributed by atoms with Gasteiger partial charge in [0, 0.05) is 23.5 Å². The molecule has 1 atom stereocenters. The fraction of sp³-hybridized carbons (Fsp3) is 0.211. The van der Waals surface area contributed by atoms with Gasteiger partial charge in [0.1, 0.15) is 10.8 Å². The molecular formula is C19H19FN2S. The lowest BCUT2D eigenvalue weighted by atomic mass is 10.0. The third-order valence-corrected chi connectivity index (χ3v) is 4.83. The van der Waals surface area contributed by atoms with Crippen LogP contribution >= 0.6 is 11.3 Å². The van der Waals surface area contributed by atoms with Gasteiger partial charge < -0.3 is 5.32 Å². The molecule has 0 aliphatic heterocycles. The molecule has 4 heteroatoms. The number of rotatable bonds is 5. The number of aromatic nitrogens is 1. The average molecular weight is 326 g/mol. The summed E-state index contributed by atoms with van der Waals surface area (Å²) in [6.45, 7) is 5.01. The van der Waals surface area contributed by atoms with Gasteiger partial charge in [-0.2, -0.15) is 0 Å². The SMILES string of the molecule is Cc1ccccc1C(C)NCc1csc(-c2ccc(F)cc2)n1. The van der Waals surface area contributed by atoms with Gasteiger partial charge in [-0.15, -0.1) is 11.3 Å². The molecule has 3 aromatic rings. The molecule has 0 aliphatic carbocycles. The van der Waals surface area contributed by atoms with E-state index < -0.39 is 0 Å². The lowest BCUT2D eigenvalue weighted by Crippen LogP contribution is -2.19. The normalized spacial score (nSPS) is 12.3. The van der Waals surface area contributed by atoms with Crippen molar-refractivity contribution in [3.8, 4) is 10.6 Å². The molecule has 0 spiro atoms. The van der Waals surface area contributed by atoms with E-state index in [-0.39, 0.29) is 11.9 Å². The highest BCUT2D eigenvalue weighted by Gasteiger charge is 2.09. The number of hydrogen-bond donors (Lipinski definition) is 1. The molecule has 0 bridgehead atoms. The van der Waals surface area contributed by atoms with Gasteiger partial charge in [-0.25, -0.2) is 9.37 Å². The molecule has 1 N–H and O–H groups in total. The van der Waals surface area contributed by atoms with Gasteiger partial charge in [0.15, 0.2) is 0 Å². The van der Waals surface area contributed by atoms with Gasteiger partial charge in [0.05, 0.1) is 5.69 Å². The number of thiazole rings is 1. The summed E-state index contributed by atoms with van der Waals surface area (Å²) in [5, 5.41) is 6.49. The summed E-state index contributed by atoms with van der Waals surface area (Å²) in [5.74, 6) is -0.223. The van der Waals surface area contributed by atoms with Crippen molar-refractivity contribution in [2.45, 2.75) is 26.4 Å². The zero-order valence-corrected chi connectivity index (χ0v) is 14.0. The summed E-state index contributed by atoms with van der Waals surface area (Å²) in [4.78, 5) is 4.63. The van der Waals surface area contributed by atoms with Crippen LogP contribution in [0.2, 0.25) is 0 Å². The highest BCUT2D eigenvalue weighted by atomic mass is 32.1. The van der Waals surface area contributed by atoms with Gasteiger partial charge in [-0.1, -0.05) is 24.3 Å². The first-order valence-electron chi connectivity index (χ1n) is 7.63. The zero-order valence-electron chi connectivity index (χ0n) is 13.2. The summed E-state index contributed by atoms with van der Waals surface area (Å²) in [6, 6.07) is 15.1. The van der Waals surface area contributed by atoms with E-state index in [1.165, 1.54) is 23.3 Å². The predicted octanol–water partition coefficient (Wildman–Crippen LogP) is 5.11. The molecule has 2 aromatic carbocycles. The minimum absolute atomic E-state index is 0.223. The molecule has 1 aromatic heterocycles. The molecule has 0 aliphatic rings. The van der Waals surface area contributed by atoms with Crippen LogP contribution in [0.5, 0.6) is 0 Å². The molecule has 118 valence electrons. The number of benzene rings is 2. The highest BCUT2D eigenvalue weighted by molar-refractivity contribution is 7.13. The van der Waals surface area contributed by atoms with Crippen molar-refractivity contribution < 1.29 is 4.39 Å². The number of nitrogens with zero attached hydrogens (tertiary/aromatic N) is 1. The molecule has 0 radical (unpaired) electrons. The summed E-state index contributed by atoms with van der Waals surface area (Å²) >= 11 is 1.59. The van der Waals surface area contributed by atoms with Gasteiger partial charge in [0.2, 0.25) is 0 Å². The van der Waals surface area contributed by atoms with Crippen molar-refractivity contribution in [1.82, 2.24) is 10.3 Å². The summed E-state index contributed by atoms with van der Waals surface area (Å²) in [6.07, 6.45) is 0.